The van der Waals surface area contributed by atoms with Crippen molar-refractivity contribution in [2.24, 2.45) is 0 Å². The first-order chi connectivity index (χ1) is 24.8. The zero-order valence-corrected chi connectivity index (χ0v) is 28.5. The highest BCUT2D eigenvalue weighted by Gasteiger charge is 2.24. The highest BCUT2D eigenvalue weighted by molar-refractivity contribution is 6.30. The number of phenols is 1. The first kappa shape index (κ1) is 29.5. The third-order valence-electron chi connectivity index (χ3n) is 10.2. The van der Waals surface area contributed by atoms with Gasteiger partial charge in [0.2, 0.25) is 0 Å². The molecule has 0 bridgehead atoms. The van der Waals surface area contributed by atoms with Gasteiger partial charge in [0, 0.05) is 44.9 Å². The van der Waals surface area contributed by atoms with Gasteiger partial charge in [-0.2, -0.15) is 0 Å². The lowest BCUT2D eigenvalue weighted by atomic mass is 9.83. The molecule has 10 aromatic rings. The molecule has 5 nitrogen and oxygen atoms in total. The molecule has 244 valence electrons. The fourth-order valence-electron chi connectivity index (χ4n) is 7.76. The summed E-state index contributed by atoms with van der Waals surface area (Å²) < 4.78 is 8.46. The van der Waals surface area contributed by atoms with Crippen LogP contribution in [0.25, 0.3) is 93.8 Å². The standard InChI is InChI=1S/C46H33N3O2/c1-46(2,3)31-23-29(22-30(24-31)35-25-28(20-21-47-35)27-12-5-4-6-13-27)32-16-11-18-37-44(32)48-45-43-38(50)26-40-41(34-15-8-10-19-39(34)51-40)42(43)33-14-7-9-17-36(33)49(37)45/h4-26,50H,1-3H3. The number of rotatable bonds is 3. The quantitative estimate of drug-likeness (QED) is 0.192. The maximum Gasteiger partial charge on any atom is 0.150 e. The van der Waals surface area contributed by atoms with Crippen molar-refractivity contribution < 1.29 is 9.52 Å². The Kier molecular flexibility index (Phi) is 6.22. The average molecular weight is 660 g/mol. The Morgan fingerprint density at radius 2 is 1.33 bits per heavy atom. The number of nitrogens with zero attached hydrogens (tertiary/aromatic N) is 3. The number of pyridine rings is 2. The minimum Gasteiger partial charge on any atom is -0.507 e. The monoisotopic (exact) mass is 659 g/mol. The molecule has 0 unspecified atom stereocenters. The largest absolute Gasteiger partial charge is 0.507 e. The van der Waals surface area contributed by atoms with Gasteiger partial charge in [-0.1, -0.05) is 106 Å². The second-order valence-electron chi connectivity index (χ2n) is 14.4. The van der Waals surface area contributed by atoms with Crippen LogP contribution in [-0.4, -0.2) is 19.5 Å². The van der Waals surface area contributed by atoms with Crippen LogP contribution in [0.4, 0.5) is 0 Å². The number of fused-ring (bicyclic) bond motifs is 12. The lowest BCUT2D eigenvalue weighted by Crippen LogP contribution is -2.11. The molecule has 0 aliphatic rings. The molecule has 0 atom stereocenters. The molecule has 0 fully saturated rings. The Morgan fingerprint density at radius 3 is 2.18 bits per heavy atom. The summed E-state index contributed by atoms with van der Waals surface area (Å²) in [6.45, 7) is 6.74. The Morgan fingerprint density at radius 1 is 0.588 bits per heavy atom. The van der Waals surface area contributed by atoms with E-state index in [9.17, 15) is 5.11 Å². The van der Waals surface area contributed by atoms with Crippen LogP contribution >= 0.6 is 0 Å². The second-order valence-corrected chi connectivity index (χ2v) is 14.4. The van der Waals surface area contributed by atoms with Crippen molar-refractivity contribution in [2.45, 2.75) is 26.2 Å². The summed E-state index contributed by atoms with van der Waals surface area (Å²) in [5, 5.41) is 16.4. The SMILES string of the molecule is CC(C)(C)c1cc(-c2cc(-c3ccccc3)ccn2)cc(-c2cccc3c2nc2c4c(O)cc5oc6ccccc6c5c4c4ccccc4n32)c1. The van der Waals surface area contributed by atoms with Crippen molar-refractivity contribution >= 4 is 60.3 Å². The van der Waals surface area contributed by atoms with E-state index >= 15 is 0 Å². The first-order valence-corrected chi connectivity index (χ1v) is 17.3. The van der Waals surface area contributed by atoms with Crippen LogP contribution in [0.1, 0.15) is 26.3 Å². The summed E-state index contributed by atoms with van der Waals surface area (Å²) in [5.74, 6) is 0.144. The lowest BCUT2D eigenvalue weighted by molar-refractivity contribution is 0.481. The number of hydrogen-bond donors (Lipinski definition) is 1. The molecule has 0 aliphatic carbocycles. The molecule has 6 aromatic carbocycles. The summed E-state index contributed by atoms with van der Waals surface area (Å²) >= 11 is 0. The van der Waals surface area contributed by atoms with Crippen molar-refractivity contribution in [3.8, 4) is 39.3 Å². The van der Waals surface area contributed by atoms with E-state index in [1.807, 2.05) is 30.5 Å². The molecule has 0 spiro atoms. The molecule has 0 amide bonds. The Labute approximate surface area is 294 Å². The van der Waals surface area contributed by atoms with Gasteiger partial charge in [-0.05, 0) is 70.1 Å². The van der Waals surface area contributed by atoms with Crippen molar-refractivity contribution in [1.82, 2.24) is 14.4 Å². The predicted octanol–water partition coefficient (Wildman–Crippen LogP) is 12.1. The van der Waals surface area contributed by atoms with E-state index in [1.165, 1.54) is 5.56 Å². The number of aromatic hydroxyl groups is 1. The molecule has 4 aromatic heterocycles. The second kappa shape index (κ2) is 10.8. The lowest BCUT2D eigenvalue weighted by Gasteiger charge is -2.22. The first-order valence-electron chi connectivity index (χ1n) is 17.3. The van der Waals surface area contributed by atoms with E-state index in [0.717, 1.165) is 77.2 Å². The molecular weight excluding hydrogens is 627 g/mol. The molecule has 51 heavy (non-hydrogen) atoms. The molecule has 4 heterocycles. The number of imidazole rings is 1. The van der Waals surface area contributed by atoms with Crippen LogP contribution in [0, 0.1) is 0 Å². The highest BCUT2D eigenvalue weighted by Crippen LogP contribution is 2.45. The maximum atomic E-state index is 11.7. The summed E-state index contributed by atoms with van der Waals surface area (Å²) in [6.07, 6.45) is 1.90. The van der Waals surface area contributed by atoms with E-state index in [0.29, 0.717) is 16.6 Å². The van der Waals surface area contributed by atoms with Gasteiger partial charge in [0.25, 0.3) is 0 Å². The van der Waals surface area contributed by atoms with Crippen LogP contribution in [0.3, 0.4) is 0 Å². The van der Waals surface area contributed by atoms with Gasteiger partial charge in [0.1, 0.15) is 22.6 Å². The van der Waals surface area contributed by atoms with Gasteiger partial charge in [-0.3, -0.25) is 9.38 Å². The number of phenolic OH excluding ortho intramolecular Hbond substituents is 1. The van der Waals surface area contributed by atoms with Crippen molar-refractivity contribution in [3.63, 3.8) is 0 Å². The van der Waals surface area contributed by atoms with E-state index in [-0.39, 0.29) is 11.2 Å². The molecule has 0 aliphatic heterocycles. The van der Waals surface area contributed by atoms with Crippen LogP contribution in [0.2, 0.25) is 0 Å². The van der Waals surface area contributed by atoms with Gasteiger partial charge in [0.05, 0.1) is 27.6 Å². The molecule has 0 radical (unpaired) electrons. The Bertz CT molecular complexity index is 3020. The number of hydrogen-bond acceptors (Lipinski definition) is 4. The maximum absolute atomic E-state index is 11.7. The van der Waals surface area contributed by atoms with E-state index < -0.39 is 0 Å². The number of aromatic nitrogens is 3. The van der Waals surface area contributed by atoms with Crippen molar-refractivity contribution in [3.05, 3.63) is 145 Å². The summed E-state index contributed by atoms with van der Waals surface area (Å²) in [6, 6.07) is 46.0. The van der Waals surface area contributed by atoms with Gasteiger partial charge in [-0.15, -0.1) is 0 Å². The van der Waals surface area contributed by atoms with E-state index in [1.54, 1.807) is 6.07 Å². The van der Waals surface area contributed by atoms with Crippen LogP contribution in [0.15, 0.2) is 144 Å². The van der Waals surface area contributed by atoms with Crippen molar-refractivity contribution in [2.75, 3.05) is 0 Å². The van der Waals surface area contributed by atoms with Gasteiger partial charge >= 0.3 is 0 Å². The Hall–Kier alpha value is -6.46. The van der Waals surface area contributed by atoms with Crippen LogP contribution in [0.5, 0.6) is 5.75 Å². The molecule has 10 rings (SSSR count). The zero-order valence-electron chi connectivity index (χ0n) is 28.5. The Balaban J connectivity index is 1.28. The highest BCUT2D eigenvalue weighted by atomic mass is 16.3. The summed E-state index contributed by atoms with van der Waals surface area (Å²) in [7, 11) is 0. The minimum absolute atomic E-state index is 0.106. The number of furan rings is 1. The summed E-state index contributed by atoms with van der Waals surface area (Å²) in [4.78, 5) is 10.3. The number of benzene rings is 6. The van der Waals surface area contributed by atoms with Crippen LogP contribution < -0.4 is 0 Å². The number of para-hydroxylation sites is 3. The van der Waals surface area contributed by atoms with Crippen LogP contribution in [-0.2, 0) is 5.41 Å². The van der Waals surface area contributed by atoms with Gasteiger partial charge in [-0.25, -0.2) is 4.98 Å². The fourth-order valence-corrected chi connectivity index (χ4v) is 7.76. The van der Waals surface area contributed by atoms with Gasteiger partial charge in [0.15, 0.2) is 0 Å². The molecular formula is C46H33N3O2. The fraction of sp³-hybridized carbons (Fsp3) is 0.0870. The van der Waals surface area contributed by atoms with E-state index in [4.69, 9.17) is 14.4 Å². The van der Waals surface area contributed by atoms with Crippen molar-refractivity contribution in [1.29, 1.82) is 0 Å². The molecule has 1 N–H and O–H groups in total. The molecule has 5 heteroatoms. The topological polar surface area (TPSA) is 63.6 Å². The molecule has 0 saturated heterocycles. The van der Waals surface area contributed by atoms with Gasteiger partial charge < -0.3 is 9.52 Å². The molecule has 0 saturated carbocycles. The third kappa shape index (κ3) is 4.48. The minimum atomic E-state index is -0.106. The third-order valence-corrected chi connectivity index (χ3v) is 10.2. The van der Waals surface area contributed by atoms with E-state index in [2.05, 4.69) is 128 Å². The smallest absolute Gasteiger partial charge is 0.150 e. The predicted molar refractivity (Wildman–Crippen MR) is 209 cm³/mol. The average Bonchev–Trinajstić information content (AvgIpc) is 3.73. The normalized spacial score (nSPS) is 12.3. The zero-order chi connectivity index (χ0) is 34.4. The summed E-state index contributed by atoms with van der Waals surface area (Å²) in [5.41, 5.74) is 12.5.